The number of ketones is 1. The third-order valence-corrected chi connectivity index (χ3v) is 12.2. The number of benzene rings is 2. The fraction of sp³-hybridized carbons (Fsp3) is 0.455. The highest BCUT2D eigenvalue weighted by molar-refractivity contribution is 7.90. The molecule has 0 saturated heterocycles. The molecule has 0 aliphatic heterocycles. The predicted molar refractivity (Wildman–Crippen MR) is 165 cm³/mol. The van der Waals surface area contributed by atoms with Gasteiger partial charge in [-0.25, -0.2) is 8.42 Å². The van der Waals surface area contributed by atoms with Crippen molar-refractivity contribution in [2.24, 2.45) is 23.2 Å². The van der Waals surface area contributed by atoms with Gasteiger partial charge in [-0.05, 0) is 79.0 Å². The van der Waals surface area contributed by atoms with E-state index in [4.69, 9.17) is 4.84 Å². The van der Waals surface area contributed by atoms with Crippen LogP contribution >= 0.6 is 11.3 Å². The first-order valence-electron chi connectivity index (χ1n) is 14.6. The topological polar surface area (TPSA) is 102 Å². The smallest absolute Gasteiger partial charge is 0.252 e. The molecule has 6 atom stereocenters. The van der Waals surface area contributed by atoms with Crippen molar-refractivity contribution in [3.8, 4) is 0 Å². The van der Waals surface area contributed by atoms with Crippen LogP contribution in [-0.4, -0.2) is 25.5 Å². The molecule has 2 saturated carbocycles. The Balaban J connectivity index is 1.17. The van der Waals surface area contributed by atoms with Crippen molar-refractivity contribution in [2.45, 2.75) is 71.3 Å². The van der Waals surface area contributed by atoms with Crippen LogP contribution in [0, 0.1) is 23.2 Å². The highest BCUT2D eigenvalue weighted by atomic mass is 32.2. The van der Waals surface area contributed by atoms with Crippen LogP contribution in [0.25, 0.3) is 0 Å². The van der Waals surface area contributed by atoms with Crippen LogP contribution < -0.4 is 10.2 Å². The summed E-state index contributed by atoms with van der Waals surface area (Å²) in [6.07, 6.45) is 2.50. The molecule has 1 aromatic heterocycles. The highest BCUT2D eigenvalue weighted by Crippen LogP contribution is 2.70. The standard InChI is InChI=1S/C33H40N2O5S2/c1-20-15-16-26-30(33(26,4)5)29(20)25-14-10-9-13-24(25)19-40-34-22(3)42(38,39)35-32(37)21(2)27-17-18-28(41-27)31(36)23-11-7-6-8-12-23/h6-14,17-18,20-22,26,29-30,34H,15-16,19H2,1-5H3,(H,35,37). The maximum atomic E-state index is 13.0. The second-order valence-corrected chi connectivity index (χ2v) is 15.5. The summed E-state index contributed by atoms with van der Waals surface area (Å²) in [6.45, 7) is 10.4. The zero-order valence-electron chi connectivity index (χ0n) is 24.8. The van der Waals surface area contributed by atoms with E-state index in [-0.39, 0.29) is 12.4 Å². The lowest BCUT2D eigenvalue weighted by molar-refractivity contribution is -0.120. The molecular weight excluding hydrogens is 569 g/mol. The molecule has 3 aromatic rings. The molecule has 2 N–H and O–H groups in total. The zero-order chi connectivity index (χ0) is 30.2. The van der Waals surface area contributed by atoms with E-state index >= 15 is 0 Å². The van der Waals surface area contributed by atoms with Crippen molar-refractivity contribution in [1.82, 2.24) is 10.2 Å². The summed E-state index contributed by atoms with van der Waals surface area (Å²) < 4.78 is 28.1. The Morgan fingerprint density at radius 1 is 1.00 bits per heavy atom. The lowest BCUT2D eigenvalue weighted by Crippen LogP contribution is -2.45. The maximum absolute atomic E-state index is 13.0. The van der Waals surface area contributed by atoms with E-state index in [1.807, 2.05) is 18.2 Å². The minimum Gasteiger partial charge on any atom is -0.296 e. The SMILES string of the molecule is CC(C(=O)NS(=O)(=O)C(C)NOCc1ccccc1C1C(C)CCC2C1C2(C)C)c1ccc(C(=O)c2ccccc2)s1. The Labute approximate surface area is 253 Å². The molecular formula is C33H40N2O5S2. The second-order valence-electron chi connectivity index (χ2n) is 12.4. The van der Waals surface area contributed by atoms with Crippen LogP contribution in [0.3, 0.4) is 0 Å². The van der Waals surface area contributed by atoms with Crippen LogP contribution in [0.4, 0.5) is 0 Å². The molecule has 2 fully saturated rings. The van der Waals surface area contributed by atoms with Gasteiger partial charge in [-0.1, -0.05) is 75.4 Å². The van der Waals surface area contributed by atoms with E-state index in [0.717, 1.165) is 11.5 Å². The van der Waals surface area contributed by atoms with Gasteiger partial charge in [0.15, 0.2) is 0 Å². The van der Waals surface area contributed by atoms with Gasteiger partial charge < -0.3 is 0 Å². The lowest BCUT2D eigenvalue weighted by Gasteiger charge is -2.31. The van der Waals surface area contributed by atoms with Gasteiger partial charge in [0.25, 0.3) is 10.0 Å². The van der Waals surface area contributed by atoms with Gasteiger partial charge in [-0.3, -0.25) is 19.1 Å². The molecule has 2 aliphatic rings. The second kappa shape index (κ2) is 12.0. The van der Waals surface area contributed by atoms with E-state index in [0.29, 0.717) is 38.5 Å². The number of hydroxylamine groups is 1. The van der Waals surface area contributed by atoms with Gasteiger partial charge in [0.1, 0.15) is 5.37 Å². The van der Waals surface area contributed by atoms with Crippen molar-refractivity contribution < 1.29 is 22.8 Å². The number of rotatable bonds is 11. The number of fused-ring (bicyclic) bond motifs is 1. The molecule has 224 valence electrons. The number of carbonyl (C=O) groups is 2. The molecule has 2 aromatic carbocycles. The van der Waals surface area contributed by atoms with E-state index in [2.05, 4.69) is 43.1 Å². The monoisotopic (exact) mass is 608 g/mol. The third kappa shape index (κ3) is 6.11. The van der Waals surface area contributed by atoms with E-state index < -0.39 is 27.2 Å². The summed E-state index contributed by atoms with van der Waals surface area (Å²) in [4.78, 5) is 32.5. The van der Waals surface area contributed by atoms with Gasteiger partial charge in [-0.2, -0.15) is 5.48 Å². The number of thiophene rings is 1. The number of hydrogen-bond acceptors (Lipinski definition) is 7. The van der Waals surface area contributed by atoms with Crippen molar-refractivity contribution in [2.75, 3.05) is 0 Å². The fourth-order valence-electron chi connectivity index (χ4n) is 6.70. The van der Waals surface area contributed by atoms with E-state index in [1.165, 1.54) is 36.7 Å². The van der Waals surface area contributed by atoms with Crippen LogP contribution in [0.1, 0.15) is 90.5 Å². The van der Waals surface area contributed by atoms with Gasteiger partial charge in [0, 0.05) is 10.4 Å². The van der Waals surface area contributed by atoms with Gasteiger partial charge >= 0.3 is 0 Å². The van der Waals surface area contributed by atoms with Gasteiger partial charge in [-0.15, -0.1) is 11.3 Å². The Morgan fingerprint density at radius 3 is 2.43 bits per heavy atom. The largest absolute Gasteiger partial charge is 0.296 e. The molecule has 1 heterocycles. The third-order valence-electron chi connectivity index (χ3n) is 9.38. The molecule has 2 aliphatic carbocycles. The van der Waals surface area contributed by atoms with Gasteiger partial charge in [0.05, 0.1) is 17.4 Å². The molecule has 0 radical (unpaired) electrons. The molecule has 0 spiro atoms. The van der Waals surface area contributed by atoms with Gasteiger partial charge in [0.2, 0.25) is 11.7 Å². The van der Waals surface area contributed by atoms with E-state index in [9.17, 15) is 18.0 Å². The van der Waals surface area contributed by atoms with Crippen LogP contribution in [-0.2, 0) is 26.3 Å². The van der Waals surface area contributed by atoms with Crippen molar-refractivity contribution in [1.29, 1.82) is 0 Å². The lowest BCUT2D eigenvalue weighted by atomic mass is 9.74. The van der Waals surface area contributed by atoms with Crippen LogP contribution in [0.15, 0.2) is 66.7 Å². The maximum Gasteiger partial charge on any atom is 0.252 e. The number of carbonyl (C=O) groups excluding carboxylic acids is 2. The number of sulfonamides is 1. The quantitative estimate of drug-likeness (QED) is 0.194. The van der Waals surface area contributed by atoms with Crippen molar-refractivity contribution in [3.05, 3.63) is 93.2 Å². The fourth-order valence-corrected chi connectivity index (χ4v) is 8.55. The Kier molecular flexibility index (Phi) is 8.77. The van der Waals surface area contributed by atoms with E-state index in [1.54, 1.807) is 43.3 Å². The molecule has 5 rings (SSSR count). The van der Waals surface area contributed by atoms with Crippen molar-refractivity contribution >= 4 is 33.1 Å². The minimum atomic E-state index is -4.07. The van der Waals surface area contributed by atoms with Crippen molar-refractivity contribution in [3.63, 3.8) is 0 Å². The molecule has 0 bridgehead atoms. The summed E-state index contributed by atoms with van der Waals surface area (Å²) >= 11 is 1.19. The summed E-state index contributed by atoms with van der Waals surface area (Å²) in [6, 6.07) is 20.5. The molecule has 9 heteroatoms. The van der Waals surface area contributed by atoms with Crippen LogP contribution in [0.2, 0.25) is 0 Å². The highest BCUT2D eigenvalue weighted by Gasteiger charge is 2.63. The first-order valence-corrected chi connectivity index (χ1v) is 17.0. The van der Waals surface area contributed by atoms with Crippen LogP contribution in [0.5, 0.6) is 0 Å². The Bertz CT molecular complexity index is 1550. The Hall–Kier alpha value is -2.85. The summed E-state index contributed by atoms with van der Waals surface area (Å²) in [5, 5.41) is -1.17. The summed E-state index contributed by atoms with van der Waals surface area (Å²) in [5.74, 6) is 0.894. The predicted octanol–water partition coefficient (Wildman–Crippen LogP) is 6.38. The molecule has 7 nitrogen and oxygen atoms in total. The number of nitrogens with one attached hydrogen (secondary N) is 2. The molecule has 1 amide bonds. The minimum absolute atomic E-state index is 0.137. The first kappa shape index (κ1) is 30.6. The number of amides is 1. The average Bonchev–Trinajstić information content (AvgIpc) is 3.28. The summed E-state index contributed by atoms with van der Waals surface area (Å²) in [5.41, 5.74) is 5.86. The molecule has 42 heavy (non-hydrogen) atoms. The normalized spacial score (nSPS) is 24.3. The first-order chi connectivity index (χ1) is 19.9. The zero-order valence-corrected chi connectivity index (χ0v) is 26.4. The molecule has 6 unspecified atom stereocenters. The Morgan fingerprint density at radius 2 is 1.69 bits per heavy atom. The average molecular weight is 609 g/mol. The number of hydrogen-bond donors (Lipinski definition) is 2. The summed E-state index contributed by atoms with van der Waals surface area (Å²) in [7, 11) is -4.07.